The lowest BCUT2D eigenvalue weighted by Gasteiger charge is -2.08. The quantitative estimate of drug-likeness (QED) is 0.524. The number of hydrazone groups is 1. The third kappa shape index (κ3) is 3.86. The molecule has 0 unspecified atom stereocenters. The molecule has 132 valence electrons. The molecule has 1 amide bonds. The summed E-state index contributed by atoms with van der Waals surface area (Å²) in [7, 11) is 3.13. The number of ether oxygens (including phenoxy) is 2. The summed E-state index contributed by atoms with van der Waals surface area (Å²) in [5.41, 5.74) is 4.90. The Morgan fingerprint density at radius 1 is 1.19 bits per heavy atom. The van der Waals surface area contributed by atoms with Crippen molar-refractivity contribution in [3.8, 4) is 22.8 Å². The Kier molecular flexibility index (Phi) is 5.23. The molecule has 8 heteroatoms. The topological polar surface area (TPSA) is 101 Å². The van der Waals surface area contributed by atoms with Crippen LogP contribution in [0.4, 0.5) is 0 Å². The van der Waals surface area contributed by atoms with Crippen molar-refractivity contribution in [2.75, 3.05) is 14.2 Å². The standard InChI is InChI=1S/C18H17N5O3/c1-25-16-6-5-13(8-17(16)26-2)14-9-15(22-21-14)18(24)23-20-11-12-4-3-7-19-10-12/h3-11H,1-2H3,(H,21,22)(H,23,24)/b20-11+. The van der Waals surface area contributed by atoms with Crippen LogP contribution in [0.15, 0.2) is 53.9 Å². The Hall–Kier alpha value is -3.68. The highest BCUT2D eigenvalue weighted by Gasteiger charge is 2.12. The highest BCUT2D eigenvalue weighted by molar-refractivity contribution is 5.94. The lowest BCUT2D eigenvalue weighted by Crippen LogP contribution is -2.18. The first-order valence-electron chi connectivity index (χ1n) is 7.72. The first-order chi connectivity index (χ1) is 12.7. The lowest BCUT2D eigenvalue weighted by atomic mass is 10.1. The average molecular weight is 351 g/mol. The second-order valence-corrected chi connectivity index (χ2v) is 5.22. The van der Waals surface area contributed by atoms with Crippen LogP contribution in [0, 0.1) is 0 Å². The molecule has 0 saturated heterocycles. The molecule has 0 radical (unpaired) electrons. The maximum Gasteiger partial charge on any atom is 0.289 e. The largest absolute Gasteiger partial charge is 0.493 e. The fourth-order valence-corrected chi connectivity index (χ4v) is 2.26. The predicted octanol–water partition coefficient (Wildman–Crippen LogP) is 2.25. The van der Waals surface area contributed by atoms with E-state index in [4.69, 9.17) is 9.47 Å². The summed E-state index contributed by atoms with van der Waals surface area (Å²) < 4.78 is 10.5. The van der Waals surface area contributed by atoms with Crippen LogP contribution in [0.2, 0.25) is 0 Å². The van der Waals surface area contributed by atoms with Crippen molar-refractivity contribution in [2.45, 2.75) is 0 Å². The number of aromatic amines is 1. The van der Waals surface area contributed by atoms with E-state index in [0.29, 0.717) is 17.2 Å². The summed E-state index contributed by atoms with van der Waals surface area (Å²) >= 11 is 0. The van der Waals surface area contributed by atoms with Crippen LogP contribution in [-0.4, -0.2) is 41.5 Å². The van der Waals surface area contributed by atoms with Crippen LogP contribution in [0.25, 0.3) is 11.3 Å². The molecular formula is C18H17N5O3. The maximum atomic E-state index is 12.1. The first kappa shape index (κ1) is 17.2. The van der Waals surface area contributed by atoms with E-state index in [1.54, 1.807) is 50.9 Å². The van der Waals surface area contributed by atoms with Gasteiger partial charge in [0.1, 0.15) is 5.69 Å². The number of aromatic nitrogens is 3. The molecule has 3 rings (SSSR count). The third-order valence-corrected chi connectivity index (χ3v) is 3.57. The van der Waals surface area contributed by atoms with Gasteiger partial charge in [-0.2, -0.15) is 10.2 Å². The zero-order valence-electron chi connectivity index (χ0n) is 14.3. The van der Waals surface area contributed by atoms with Gasteiger partial charge in [0.2, 0.25) is 0 Å². The zero-order chi connectivity index (χ0) is 18.4. The molecule has 0 atom stereocenters. The fourth-order valence-electron chi connectivity index (χ4n) is 2.26. The summed E-state index contributed by atoms with van der Waals surface area (Å²) in [5, 5.41) is 10.8. The van der Waals surface area contributed by atoms with Gasteiger partial charge in [-0.1, -0.05) is 6.07 Å². The highest BCUT2D eigenvalue weighted by atomic mass is 16.5. The molecule has 0 bridgehead atoms. The number of hydrogen-bond acceptors (Lipinski definition) is 6. The van der Waals surface area contributed by atoms with Crippen molar-refractivity contribution < 1.29 is 14.3 Å². The minimum absolute atomic E-state index is 0.290. The number of carbonyl (C=O) groups excluding carboxylic acids is 1. The van der Waals surface area contributed by atoms with Gasteiger partial charge in [0, 0.05) is 23.5 Å². The Morgan fingerprint density at radius 3 is 2.77 bits per heavy atom. The molecule has 0 aliphatic heterocycles. The zero-order valence-corrected chi connectivity index (χ0v) is 14.3. The van der Waals surface area contributed by atoms with Gasteiger partial charge in [-0.3, -0.25) is 14.9 Å². The minimum Gasteiger partial charge on any atom is -0.493 e. The predicted molar refractivity (Wildman–Crippen MR) is 96.4 cm³/mol. The van der Waals surface area contributed by atoms with Crippen molar-refractivity contribution in [1.29, 1.82) is 0 Å². The number of H-pyrrole nitrogens is 1. The van der Waals surface area contributed by atoms with Gasteiger partial charge >= 0.3 is 0 Å². The molecule has 1 aromatic carbocycles. The Balaban J connectivity index is 1.71. The van der Waals surface area contributed by atoms with E-state index in [2.05, 4.69) is 25.7 Å². The highest BCUT2D eigenvalue weighted by Crippen LogP contribution is 2.31. The van der Waals surface area contributed by atoms with Gasteiger partial charge in [-0.05, 0) is 30.3 Å². The Bertz CT molecular complexity index is 922. The Labute approximate surface area is 149 Å². The molecular weight excluding hydrogens is 334 g/mol. The number of rotatable bonds is 6. The van der Waals surface area contributed by atoms with E-state index in [0.717, 1.165) is 11.1 Å². The second kappa shape index (κ2) is 7.93. The van der Waals surface area contributed by atoms with Crippen LogP contribution in [0.5, 0.6) is 11.5 Å². The van der Waals surface area contributed by atoms with E-state index in [1.165, 1.54) is 6.21 Å². The number of pyridine rings is 1. The molecule has 26 heavy (non-hydrogen) atoms. The van der Waals surface area contributed by atoms with Crippen LogP contribution < -0.4 is 14.9 Å². The number of nitrogens with zero attached hydrogens (tertiary/aromatic N) is 3. The van der Waals surface area contributed by atoms with E-state index < -0.39 is 5.91 Å². The molecule has 0 aliphatic rings. The average Bonchev–Trinajstić information content (AvgIpc) is 3.18. The number of benzene rings is 1. The SMILES string of the molecule is COc1ccc(-c2cc(C(=O)N/N=C/c3cccnc3)[nH]n2)cc1OC. The molecule has 2 aromatic heterocycles. The summed E-state index contributed by atoms with van der Waals surface area (Å²) in [4.78, 5) is 16.1. The van der Waals surface area contributed by atoms with Gasteiger partial charge in [0.15, 0.2) is 11.5 Å². The number of nitrogens with one attached hydrogen (secondary N) is 2. The molecule has 2 heterocycles. The van der Waals surface area contributed by atoms with Crippen molar-refractivity contribution in [1.82, 2.24) is 20.6 Å². The molecule has 0 spiro atoms. The van der Waals surface area contributed by atoms with Gasteiger partial charge in [-0.25, -0.2) is 5.43 Å². The van der Waals surface area contributed by atoms with Crippen molar-refractivity contribution in [3.63, 3.8) is 0 Å². The van der Waals surface area contributed by atoms with E-state index in [-0.39, 0.29) is 5.69 Å². The van der Waals surface area contributed by atoms with Crippen LogP contribution in [0.3, 0.4) is 0 Å². The molecule has 0 saturated carbocycles. The van der Waals surface area contributed by atoms with Crippen molar-refractivity contribution in [3.05, 3.63) is 60.0 Å². The molecule has 0 fully saturated rings. The maximum absolute atomic E-state index is 12.1. The Morgan fingerprint density at radius 2 is 2.04 bits per heavy atom. The number of amides is 1. The smallest absolute Gasteiger partial charge is 0.289 e. The summed E-state index contributed by atoms with van der Waals surface area (Å²) in [6.45, 7) is 0. The second-order valence-electron chi connectivity index (χ2n) is 5.22. The fraction of sp³-hybridized carbons (Fsp3) is 0.111. The van der Waals surface area contributed by atoms with Gasteiger partial charge in [0.25, 0.3) is 5.91 Å². The molecule has 2 N–H and O–H groups in total. The van der Waals surface area contributed by atoms with Gasteiger partial charge in [-0.15, -0.1) is 0 Å². The number of hydrogen-bond donors (Lipinski definition) is 2. The van der Waals surface area contributed by atoms with Crippen LogP contribution in [0.1, 0.15) is 16.1 Å². The van der Waals surface area contributed by atoms with E-state index in [9.17, 15) is 4.79 Å². The summed E-state index contributed by atoms with van der Waals surface area (Å²) in [5.74, 6) is 0.805. The van der Waals surface area contributed by atoms with E-state index in [1.807, 2.05) is 12.1 Å². The van der Waals surface area contributed by atoms with Crippen molar-refractivity contribution >= 4 is 12.1 Å². The molecule has 8 nitrogen and oxygen atoms in total. The normalized spacial score (nSPS) is 10.7. The molecule has 3 aromatic rings. The van der Waals surface area contributed by atoms with Gasteiger partial charge in [0.05, 0.1) is 26.1 Å². The lowest BCUT2D eigenvalue weighted by molar-refractivity contribution is 0.0950. The van der Waals surface area contributed by atoms with Gasteiger partial charge < -0.3 is 9.47 Å². The van der Waals surface area contributed by atoms with Crippen molar-refractivity contribution in [2.24, 2.45) is 5.10 Å². The number of methoxy groups -OCH3 is 2. The third-order valence-electron chi connectivity index (χ3n) is 3.57. The summed E-state index contributed by atoms with van der Waals surface area (Å²) in [6, 6.07) is 10.6. The summed E-state index contributed by atoms with van der Waals surface area (Å²) in [6.07, 6.45) is 4.81. The molecule has 0 aliphatic carbocycles. The van der Waals surface area contributed by atoms with E-state index >= 15 is 0 Å². The minimum atomic E-state index is -0.399. The number of carbonyl (C=O) groups is 1. The van der Waals surface area contributed by atoms with Crippen LogP contribution >= 0.6 is 0 Å². The van der Waals surface area contributed by atoms with Crippen LogP contribution in [-0.2, 0) is 0 Å². The first-order valence-corrected chi connectivity index (χ1v) is 7.72. The monoisotopic (exact) mass is 351 g/mol.